The lowest BCUT2D eigenvalue weighted by molar-refractivity contribution is -0.136. The molecule has 0 aromatic heterocycles. The molecule has 2 amide bonds. The standard InChI is InChI=1S/C14H18N2O5/c1-9(8-20-2)15-12(17)13(18)16-11-6-4-10(5-7-11)14(19)21-3/h4-7,9H,8H2,1-3H3,(H,15,17)(H,16,18)/t9-/m1/s1. The summed E-state index contributed by atoms with van der Waals surface area (Å²) in [4.78, 5) is 34.5. The van der Waals surface area contributed by atoms with Gasteiger partial charge in [-0.2, -0.15) is 0 Å². The van der Waals surface area contributed by atoms with Gasteiger partial charge in [0.05, 0.1) is 19.3 Å². The molecule has 0 saturated heterocycles. The molecule has 0 fully saturated rings. The van der Waals surface area contributed by atoms with Crippen molar-refractivity contribution < 1.29 is 23.9 Å². The Morgan fingerprint density at radius 3 is 2.24 bits per heavy atom. The van der Waals surface area contributed by atoms with Crippen LogP contribution in [0.5, 0.6) is 0 Å². The third-order valence-corrected chi connectivity index (χ3v) is 2.56. The maximum absolute atomic E-state index is 11.7. The number of amides is 2. The van der Waals surface area contributed by atoms with Gasteiger partial charge in [0.2, 0.25) is 0 Å². The van der Waals surface area contributed by atoms with Gasteiger partial charge in [0, 0.05) is 18.8 Å². The summed E-state index contributed by atoms with van der Waals surface area (Å²) < 4.78 is 9.42. The first-order valence-corrected chi connectivity index (χ1v) is 6.27. The van der Waals surface area contributed by atoms with Crippen molar-refractivity contribution in [2.75, 3.05) is 26.1 Å². The molecule has 7 nitrogen and oxygen atoms in total. The first-order valence-electron chi connectivity index (χ1n) is 6.27. The first kappa shape index (κ1) is 16.6. The molecular weight excluding hydrogens is 276 g/mol. The van der Waals surface area contributed by atoms with Crippen molar-refractivity contribution >= 4 is 23.5 Å². The predicted octanol–water partition coefficient (Wildman–Crippen LogP) is 0.563. The summed E-state index contributed by atoms with van der Waals surface area (Å²) in [5.41, 5.74) is 0.760. The Balaban J connectivity index is 2.58. The Bertz CT molecular complexity index is 513. The number of benzene rings is 1. The average Bonchev–Trinajstić information content (AvgIpc) is 2.47. The maximum Gasteiger partial charge on any atom is 0.337 e. The molecule has 1 rings (SSSR count). The molecule has 0 unspecified atom stereocenters. The minimum Gasteiger partial charge on any atom is -0.465 e. The second kappa shape index (κ2) is 8.01. The zero-order valence-corrected chi connectivity index (χ0v) is 12.1. The summed E-state index contributed by atoms with van der Waals surface area (Å²) in [6.45, 7) is 2.03. The number of ether oxygens (including phenoxy) is 2. The van der Waals surface area contributed by atoms with Gasteiger partial charge in [-0.3, -0.25) is 9.59 Å². The van der Waals surface area contributed by atoms with Crippen LogP contribution < -0.4 is 10.6 Å². The molecule has 0 aliphatic rings. The van der Waals surface area contributed by atoms with Gasteiger partial charge in [-0.15, -0.1) is 0 Å². The third kappa shape index (κ3) is 5.23. The fourth-order valence-electron chi connectivity index (χ4n) is 1.58. The molecule has 0 heterocycles. The number of hydrogen-bond acceptors (Lipinski definition) is 5. The highest BCUT2D eigenvalue weighted by Crippen LogP contribution is 2.10. The highest BCUT2D eigenvalue weighted by atomic mass is 16.5. The van der Waals surface area contributed by atoms with Crippen LogP contribution in [0.15, 0.2) is 24.3 Å². The summed E-state index contributed by atoms with van der Waals surface area (Å²) in [6, 6.07) is 5.74. The van der Waals surface area contributed by atoms with Crippen LogP contribution in [0, 0.1) is 0 Å². The van der Waals surface area contributed by atoms with Crippen LogP contribution in [-0.2, 0) is 19.1 Å². The zero-order chi connectivity index (χ0) is 15.8. The number of esters is 1. The van der Waals surface area contributed by atoms with Gasteiger partial charge in [-0.05, 0) is 31.2 Å². The van der Waals surface area contributed by atoms with E-state index >= 15 is 0 Å². The van der Waals surface area contributed by atoms with E-state index in [9.17, 15) is 14.4 Å². The van der Waals surface area contributed by atoms with E-state index in [1.165, 1.54) is 38.5 Å². The van der Waals surface area contributed by atoms with Crippen LogP contribution in [0.25, 0.3) is 0 Å². The van der Waals surface area contributed by atoms with E-state index in [0.717, 1.165) is 0 Å². The molecule has 1 aromatic rings. The van der Waals surface area contributed by atoms with Gasteiger partial charge in [0.1, 0.15) is 0 Å². The van der Waals surface area contributed by atoms with Gasteiger partial charge in [-0.1, -0.05) is 0 Å². The Morgan fingerprint density at radius 1 is 1.10 bits per heavy atom. The van der Waals surface area contributed by atoms with Crippen LogP contribution in [-0.4, -0.2) is 44.7 Å². The van der Waals surface area contributed by atoms with Crippen molar-refractivity contribution in [1.82, 2.24) is 5.32 Å². The largest absolute Gasteiger partial charge is 0.465 e. The summed E-state index contributed by atoms with van der Waals surface area (Å²) in [7, 11) is 2.79. The SMILES string of the molecule is COC[C@@H](C)NC(=O)C(=O)Nc1ccc(C(=O)OC)cc1. The number of carbonyl (C=O) groups is 3. The minimum absolute atomic E-state index is 0.269. The van der Waals surface area contributed by atoms with Crippen molar-refractivity contribution in [3.8, 4) is 0 Å². The van der Waals surface area contributed by atoms with Gasteiger partial charge in [-0.25, -0.2) is 4.79 Å². The van der Waals surface area contributed by atoms with Gasteiger partial charge in [0.15, 0.2) is 0 Å². The molecule has 114 valence electrons. The third-order valence-electron chi connectivity index (χ3n) is 2.56. The summed E-state index contributed by atoms with van der Waals surface area (Å²) in [5, 5.41) is 4.92. The molecule has 1 aromatic carbocycles. The summed E-state index contributed by atoms with van der Waals surface area (Å²) in [5.74, 6) is -2.01. The molecule has 0 aliphatic carbocycles. The molecule has 0 radical (unpaired) electrons. The van der Waals surface area contributed by atoms with Crippen LogP contribution >= 0.6 is 0 Å². The second-order valence-electron chi connectivity index (χ2n) is 4.35. The smallest absolute Gasteiger partial charge is 0.337 e. The number of rotatable bonds is 5. The summed E-state index contributed by atoms with van der Waals surface area (Å²) >= 11 is 0. The van der Waals surface area contributed by atoms with Gasteiger partial charge < -0.3 is 20.1 Å². The highest BCUT2D eigenvalue weighted by molar-refractivity contribution is 6.39. The normalized spacial score (nSPS) is 11.4. The quantitative estimate of drug-likeness (QED) is 0.611. The molecule has 0 bridgehead atoms. The Kier molecular flexibility index (Phi) is 6.35. The highest BCUT2D eigenvalue weighted by Gasteiger charge is 2.16. The van der Waals surface area contributed by atoms with Crippen LogP contribution in [0.1, 0.15) is 17.3 Å². The molecule has 21 heavy (non-hydrogen) atoms. The molecule has 2 N–H and O–H groups in total. The van der Waals surface area contributed by atoms with Crippen LogP contribution in [0.4, 0.5) is 5.69 Å². The number of nitrogens with one attached hydrogen (secondary N) is 2. The van der Waals surface area contributed by atoms with Crippen molar-refractivity contribution in [3.63, 3.8) is 0 Å². The Morgan fingerprint density at radius 2 is 1.71 bits per heavy atom. The molecular formula is C14H18N2O5. The lowest BCUT2D eigenvalue weighted by Gasteiger charge is -2.12. The van der Waals surface area contributed by atoms with Crippen molar-refractivity contribution in [3.05, 3.63) is 29.8 Å². The number of methoxy groups -OCH3 is 2. The number of hydrogen-bond donors (Lipinski definition) is 2. The fourth-order valence-corrected chi connectivity index (χ4v) is 1.58. The average molecular weight is 294 g/mol. The molecule has 0 spiro atoms. The van der Waals surface area contributed by atoms with Gasteiger partial charge in [0.25, 0.3) is 0 Å². The lowest BCUT2D eigenvalue weighted by Crippen LogP contribution is -2.42. The van der Waals surface area contributed by atoms with E-state index in [1.807, 2.05) is 0 Å². The monoisotopic (exact) mass is 294 g/mol. The second-order valence-corrected chi connectivity index (χ2v) is 4.35. The number of carbonyl (C=O) groups excluding carboxylic acids is 3. The van der Waals surface area contributed by atoms with E-state index in [1.54, 1.807) is 6.92 Å². The van der Waals surface area contributed by atoms with Crippen LogP contribution in [0.3, 0.4) is 0 Å². The topological polar surface area (TPSA) is 93.7 Å². The van der Waals surface area contributed by atoms with Crippen molar-refractivity contribution in [1.29, 1.82) is 0 Å². The minimum atomic E-state index is -0.788. The zero-order valence-electron chi connectivity index (χ0n) is 12.1. The van der Waals surface area contributed by atoms with E-state index < -0.39 is 17.8 Å². The van der Waals surface area contributed by atoms with E-state index in [2.05, 4.69) is 15.4 Å². The lowest BCUT2D eigenvalue weighted by atomic mass is 10.2. The summed E-state index contributed by atoms with van der Waals surface area (Å²) in [6.07, 6.45) is 0. The molecule has 1 atom stereocenters. The van der Waals surface area contributed by atoms with Crippen LogP contribution in [0.2, 0.25) is 0 Å². The van der Waals surface area contributed by atoms with E-state index in [0.29, 0.717) is 17.9 Å². The maximum atomic E-state index is 11.7. The molecule has 0 aliphatic heterocycles. The predicted molar refractivity (Wildman–Crippen MR) is 75.9 cm³/mol. The van der Waals surface area contributed by atoms with Gasteiger partial charge >= 0.3 is 17.8 Å². The number of anilines is 1. The van der Waals surface area contributed by atoms with E-state index in [-0.39, 0.29) is 6.04 Å². The Labute approximate surface area is 122 Å². The fraction of sp³-hybridized carbons (Fsp3) is 0.357. The molecule has 0 saturated carbocycles. The van der Waals surface area contributed by atoms with Crippen molar-refractivity contribution in [2.45, 2.75) is 13.0 Å². The first-order chi connectivity index (χ1) is 9.97. The molecule has 7 heteroatoms. The van der Waals surface area contributed by atoms with E-state index in [4.69, 9.17) is 4.74 Å². The van der Waals surface area contributed by atoms with Crippen molar-refractivity contribution in [2.24, 2.45) is 0 Å². The Hall–Kier alpha value is -2.41.